The van der Waals surface area contributed by atoms with Gasteiger partial charge in [0.25, 0.3) is 5.91 Å². The van der Waals surface area contributed by atoms with Crippen molar-refractivity contribution in [1.82, 2.24) is 10.2 Å². The Kier molecular flexibility index (Phi) is 7.76. The summed E-state index contributed by atoms with van der Waals surface area (Å²) in [6.07, 6.45) is 0. The second-order valence-electron chi connectivity index (χ2n) is 6.48. The second kappa shape index (κ2) is 10.9. The van der Waals surface area contributed by atoms with Crippen LogP contribution in [0.25, 0.3) is 0 Å². The summed E-state index contributed by atoms with van der Waals surface area (Å²) >= 11 is 14.2. The molecule has 3 aromatic rings. The number of nitrogens with zero attached hydrogens (tertiary/aromatic N) is 2. The minimum absolute atomic E-state index is 0.120. The zero-order valence-corrected chi connectivity index (χ0v) is 19.9. The van der Waals surface area contributed by atoms with E-state index in [4.69, 9.17) is 37.4 Å². The Hall–Kier alpha value is -2.73. The molecular formula is C20H16Cl2N4O5S2. The van der Waals surface area contributed by atoms with Crippen LogP contribution in [0, 0.1) is 0 Å². The maximum absolute atomic E-state index is 12.3. The SMILES string of the molecule is O=C(CSc1nnc(NC(=O)COc2ccc(Cl)cc2Cl)s1)Nc1ccc2c(c1)OCCO2. The fourth-order valence-corrected chi connectivity index (χ4v) is 4.69. The number of carbonyl (C=O) groups excluding carboxylic acids is 2. The monoisotopic (exact) mass is 526 g/mol. The molecular weight excluding hydrogens is 511 g/mol. The van der Waals surface area contributed by atoms with Crippen molar-refractivity contribution in [3.05, 3.63) is 46.4 Å². The highest BCUT2D eigenvalue weighted by Gasteiger charge is 2.14. The van der Waals surface area contributed by atoms with Crippen molar-refractivity contribution in [3.8, 4) is 17.2 Å². The number of hydrogen-bond acceptors (Lipinski definition) is 9. The van der Waals surface area contributed by atoms with E-state index in [0.29, 0.717) is 55.7 Å². The molecule has 1 aliphatic rings. The number of anilines is 2. The number of rotatable bonds is 8. The molecule has 0 fully saturated rings. The van der Waals surface area contributed by atoms with E-state index < -0.39 is 5.91 Å². The number of nitrogens with one attached hydrogen (secondary N) is 2. The molecule has 0 atom stereocenters. The molecule has 0 aliphatic carbocycles. The van der Waals surface area contributed by atoms with Crippen LogP contribution in [-0.2, 0) is 9.59 Å². The van der Waals surface area contributed by atoms with Crippen LogP contribution in [0.2, 0.25) is 10.0 Å². The van der Waals surface area contributed by atoms with Gasteiger partial charge in [-0.2, -0.15) is 0 Å². The zero-order chi connectivity index (χ0) is 23.2. The third-order valence-electron chi connectivity index (χ3n) is 4.06. The lowest BCUT2D eigenvalue weighted by atomic mass is 10.2. The van der Waals surface area contributed by atoms with Crippen LogP contribution in [0.3, 0.4) is 0 Å². The smallest absolute Gasteiger partial charge is 0.264 e. The molecule has 0 spiro atoms. The summed E-state index contributed by atoms with van der Waals surface area (Å²) < 4.78 is 16.9. The Morgan fingerprint density at radius 1 is 1.03 bits per heavy atom. The summed E-state index contributed by atoms with van der Waals surface area (Å²) in [6, 6.07) is 9.92. The van der Waals surface area contributed by atoms with Crippen molar-refractivity contribution in [3.63, 3.8) is 0 Å². The fourth-order valence-electron chi connectivity index (χ4n) is 2.65. The normalized spacial score (nSPS) is 12.2. The van der Waals surface area contributed by atoms with Crippen LogP contribution >= 0.6 is 46.3 Å². The minimum Gasteiger partial charge on any atom is -0.486 e. The third-order valence-corrected chi connectivity index (χ3v) is 6.56. The van der Waals surface area contributed by atoms with Crippen LogP contribution in [-0.4, -0.2) is 47.6 Å². The average molecular weight is 527 g/mol. The Morgan fingerprint density at radius 3 is 2.67 bits per heavy atom. The first-order valence-electron chi connectivity index (χ1n) is 9.50. The molecule has 2 amide bonds. The van der Waals surface area contributed by atoms with Crippen LogP contribution in [0.4, 0.5) is 10.8 Å². The van der Waals surface area contributed by atoms with Gasteiger partial charge in [-0.15, -0.1) is 10.2 Å². The highest BCUT2D eigenvalue weighted by Crippen LogP contribution is 2.33. The predicted molar refractivity (Wildman–Crippen MR) is 127 cm³/mol. The van der Waals surface area contributed by atoms with Crippen molar-refractivity contribution in [1.29, 1.82) is 0 Å². The maximum Gasteiger partial charge on any atom is 0.264 e. The van der Waals surface area contributed by atoms with Crippen LogP contribution in [0.5, 0.6) is 17.2 Å². The molecule has 172 valence electrons. The van der Waals surface area contributed by atoms with Crippen molar-refractivity contribution < 1.29 is 23.8 Å². The van der Waals surface area contributed by atoms with Crippen molar-refractivity contribution >= 4 is 68.9 Å². The van der Waals surface area contributed by atoms with Crippen LogP contribution in [0.15, 0.2) is 40.7 Å². The zero-order valence-electron chi connectivity index (χ0n) is 16.8. The lowest BCUT2D eigenvalue weighted by molar-refractivity contribution is -0.118. The van der Waals surface area contributed by atoms with Crippen molar-refractivity contribution in [2.75, 3.05) is 36.2 Å². The van der Waals surface area contributed by atoms with Crippen molar-refractivity contribution in [2.24, 2.45) is 0 Å². The van der Waals surface area contributed by atoms with E-state index in [9.17, 15) is 9.59 Å². The number of hydrogen-bond donors (Lipinski definition) is 2. The topological polar surface area (TPSA) is 112 Å². The Morgan fingerprint density at radius 2 is 1.85 bits per heavy atom. The molecule has 0 saturated heterocycles. The molecule has 2 aromatic carbocycles. The number of carbonyl (C=O) groups is 2. The van der Waals surface area contributed by atoms with Crippen molar-refractivity contribution in [2.45, 2.75) is 4.34 Å². The quantitative estimate of drug-likeness (QED) is 0.328. The average Bonchev–Trinajstić information content (AvgIpc) is 3.24. The van der Waals surface area contributed by atoms with E-state index >= 15 is 0 Å². The molecule has 33 heavy (non-hydrogen) atoms. The first-order chi connectivity index (χ1) is 16.0. The molecule has 2 heterocycles. The summed E-state index contributed by atoms with van der Waals surface area (Å²) in [5, 5.41) is 14.3. The number of benzene rings is 2. The highest BCUT2D eigenvalue weighted by atomic mass is 35.5. The number of thioether (sulfide) groups is 1. The number of fused-ring (bicyclic) bond motifs is 1. The number of halogens is 2. The van der Waals surface area contributed by atoms with Gasteiger partial charge in [0.1, 0.15) is 19.0 Å². The van der Waals surface area contributed by atoms with Crippen LogP contribution < -0.4 is 24.8 Å². The molecule has 13 heteroatoms. The molecule has 9 nitrogen and oxygen atoms in total. The first-order valence-corrected chi connectivity index (χ1v) is 12.1. The molecule has 0 saturated carbocycles. The molecule has 2 N–H and O–H groups in total. The number of ether oxygens (including phenoxy) is 3. The Bertz CT molecular complexity index is 1180. The minimum atomic E-state index is -0.426. The van der Waals surface area contributed by atoms with Gasteiger partial charge in [0.15, 0.2) is 22.4 Å². The van der Waals surface area contributed by atoms with Gasteiger partial charge in [0, 0.05) is 16.8 Å². The number of amides is 2. The molecule has 0 radical (unpaired) electrons. The molecule has 0 unspecified atom stereocenters. The van der Waals surface area contributed by atoms with Gasteiger partial charge < -0.3 is 19.5 Å². The summed E-state index contributed by atoms with van der Waals surface area (Å²) in [7, 11) is 0. The lowest BCUT2D eigenvalue weighted by Gasteiger charge is -2.18. The van der Waals surface area contributed by atoms with Gasteiger partial charge in [0.05, 0.1) is 10.8 Å². The maximum atomic E-state index is 12.3. The van der Waals surface area contributed by atoms with Gasteiger partial charge in [0.2, 0.25) is 11.0 Å². The first kappa shape index (κ1) is 23.4. The predicted octanol–water partition coefficient (Wildman–Crippen LogP) is 4.36. The molecule has 1 aromatic heterocycles. The van der Waals surface area contributed by atoms with Gasteiger partial charge in [-0.3, -0.25) is 14.9 Å². The Labute approximate surface area is 206 Å². The summed E-state index contributed by atoms with van der Waals surface area (Å²) in [6.45, 7) is 0.710. The summed E-state index contributed by atoms with van der Waals surface area (Å²) in [5.74, 6) is 1.07. The lowest BCUT2D eigenvalue weighted by Crippen LogP contribution is -2.20. The molecule has 1 aliphatic heterocycles. The van der Waals surface area contributed by atoms with Gasteiger partial charge in [-0.25, -0.2) is 0 Å². The number of aromatic nitrogens is 2. The van der Waals surface area contributed by atoms with Gasteiger partial charge in [-0.05, 0) is 30.3 Å². The van der Waals surface area contributed by atoms with E-state index in [-0.39, 0.29) is 18.3 Å². The van der Waals surface area contributed by atoms with E-state index in [0.717, 1.165) is 11.3 Å². The fraction of sp³-hybridized carbons (Fsp3) is 0.200. The standard InChI is InChI=1S/C20H16Cl2N4O5S2/c21-11-1-3-14(13(22)7-11)31-9-17(27)24-19-25-26-20(33-19)32-10-18(28)23-12-2-4-15-16(8-12)30-6-5-29-15/h1-4,7-8H,5-6,9-10H2,(H,23,28)(H,24,25,27). The van der Waals surface area contributed by atoms with Crippen LogP contribution in [0.1, 0.15) is 0 Å². The Balaban J connectivity index is 1.22. The molecule has 0 bridgehead atoms. The van der Waals surface area contributed by atoms with Gasteiger partial charge in [-0.1, -0.05) is 46.3 Å². The second-order valence-corrected chi connectivity index (χ2v) is 9.52. The summed E-state index contributed by atoms with van der Waals surface area (Å²) in [5.41, 5.74) is 0.607. The third kappa shape index (κ3) is 6.64. The van der Waals surface area contributed by atoms with E-state index in [1.54, 1.807) is 30.3 Å². The largest absolute Gasteiger partial charge is 0.486 e. The van der Waals surface area contributed by atoms with E-state index in [2.05, 4.69) is 20.8 Å². The van der Waals surface area contributed by atoms with E-state index in [1.165, 1.54) is 17.8 Å². The van der Waals surface area contributed by atoms with E-state index in [1.807, 2.05) is 0 Å². The highest BCUT2D eigenvalue weighted by molar-refractivity contribution is 8.01. The van der Waals surface area contributed by atoms with Gasteiger partial charge >= 0.3 is 0 Å². The molecule has 4 rings (SSSR count). The summed E-state index contributed by atoms with van der Waals surface area (Å²) in [4.78, 5) is 24.3.